The molecule has 30 heavy (non-hydrogen) atoms. The lowest BCUT2D eigenvalue weighted by Crippen LogP contribution is -2.57. The van der Waals surface area contributed by atoms with Crippen LogP contribution >= 0.6 is 0 Å². The van der Waals surface area contributed by atoms with Crippen molar-refractivity contribution in [3.63, 3.8) is 0 Å². The molecule has 1 aromatic heterocycles. The van der Waals surface area contributed by atoms with Crippen molar-refractivity contribution >= 4 is 11.8 Å². The first kappa shape index (κ1) is 19.6. The van der Waals surface area contributed by atoms with E-state index in [4.69, 9.17) is 0 Å². The van der Waals surface area contributed by atoms with Crippen LogP contribution in [0.3, 0.4) is 0 Å². The zero-order valence-corrected chi connectivity index (χ0v) is 16.6. The predicted molar refractivity (Wildman–Crippen MR) is 115 cm³/mol. The maximum absolute atomic E-state index is 13.0. The third-order valence-corrected chi connectivity index (χ3v) is 5.68. The Morgan fingerprint density at radius 1 is 1.10 bits per heavy atom. The van der Waals surface area contributed by atoms with Crippen LogP contribution in [-0.2, 0) is 10.2 Å². The number of hydrogen-bond donors (Lipinski definition) is 2. The largest absolute Gasteiger partial charge is 0.352 e. The molecule has 1 aliphatic rings. The van der Waals surface area contributed by atoms with Crippen LogP contribution < -0.4 is 10.6 Å². The molecular formula is C24H24N4O2. The molecule has 1 aliphatic carbocycles. The summed E-state index contributed by atoms with van der Waals surface area (Å²) in [5.41, 5.74) is 2.29. The Labute approximate surface area is 175 Å². The number of para-hydroxylation sites is 1. The standard InChI is InChI=1S/C24H24N4O2/c1-2-22(29)25-17-24(18-9-4-3-5-10-18)15-19(16-24)27-23(30)20-11-6-7-12-21(20)28-14-8-13-26-28/h2-14,19H,1,15-17H2,(H,25,29)(H,27,30). The van der Waals surface area contributed by atoms with Crippen LogP contribution in [0.25, 0.3) is 5.69 Å². The average molecular weight is 400 g/mol. The Kier molecular flexibility index (Phi) is 5.48. The molecule has 6 nitrogen and oxygen atoms in total. The van der Waals surface area contributed by atoms with Gasteiger partial charge in [-0.1, -0.05) is 49.0 Å². The van der Waals surface area contributed by atoms with E-state index in [1.165, 1.54) is 6.08 Å². The highest BCUT2D eigenvalue weighted by atomic mass is 16.2. The lowest BCUT2D eigenvalue weighted by atomic mass is 9.61. The number of nitrogens with zero attached hydrogens (tertiary/aromatic N) is 2. The van der Waals surface area contributed by atoms with Gasteiger partial charge >= 0.3 is 0 Å². The number of amides is 2. The molecule has 2 amide bonds. The first-order valence-corrected chi connectivity index (χ1v) is 9.97. The number of nitrogens with one attached hydrogen (secondary N) is 2. The van der Waals surface area contributed by atoms with Gasteiger partial charge in [-0.2, -0.15) is 5.10 Å². The molecule has 0 unspecified atom stereocenters. The second-order valence-electron chi connectivity index (χ2n) is 7.61. The van der Waals surface area contributed by atoms with Crippen molar-refractivity contribution in [2.75, 3.05) is 6.54 Å². The minimum absolute atomic E-state index is 0.0315. The number of hydrogen-bond acceptors (Lipinski definition) is 3. The zero-order chi connectivity index (χ0) is 21.0. The number of rotatable bonds is 7. The summed E-state index contributed by atoms with van der Waals surface area (Å²) in [6.45, 7) is 4.03. The van der Waals surface area contributed by atoms with Crippen molar-refractivity contribution in [3.05, 3.63) is 96.8 Å². The van der Waals surface area contributed by atoms with E-state index in [0.29, 0.717) is 12.1 Å². The molecule has 2 aromatic carbocycles. The van der Waals surface area contributed by atoms with E-state index in [1.807, 2.05) is 48.7 Å². The lowest BCUT2D eigenvalue weighted by molar-refractivity contribution is -0.117. The second kappa shape index (κ2) is 8.37. The number of carbonyl (C=O) groups is 2. The van der Waals surface area contributed by atoms with Crippen LogP contribution in [0.15, 0.2) is 85.7 Å². The molecule has 0 saturated heterocycles. The minimum Gasteiger partial charge on any atom is -0.352 e. The molecule has 152 valence electrons. The molecule has 6 heteroatoms. The van der Waals surface area contributed by atoms with E-state index < -0.39 is 0 Å². The van der Waals surface area contributed by atoms with E-state index >= 15 is 0 Å². The fourth-order valence-electron chi connectivity index (χ4n) is 4.13. The van der Waals surface area contributed by atoms with E-state index in [0.717, 1.165) is 24.1 Å². The highest BCUT2D eigenvalue weighted by Gasteiger charge is 2.46. The summed E-state index contributed by atoms with van der Waals surface area (Å²) in [6, 6.07) is 19.4. The molecule has 1 heterocycles. The molecule has 2 N–H and O–H groups in total. The fraction of sp³-hybridized carbons (Fsp3) is 0.208. The van der Waals surface area contributed by atoms with Crippen LogP contribution in [0, 0.1) is 0 Å². The van der Waals surface area contributed by atoms with Crippen molar-refractivity contribution in [3.8, 4) is 5.69 Å². The van der Waals surface area contributed by atoms with Crippen molar-refractivity contribution in [2.24, 2.45) is 0 Å². The Balaban J connectivity index is 1.48. The summed E-state index contributed by atoms with van der Waals surface area (Å²) in [7, 11) is 0. The summed E-state index contributed by atoms with van der Waals surface area (Å²) < 4.78 is 1.69. The molecular weight excluding hydrogens is 376 g/mol. The van der Waals surface area contributed by atoms with Crippen molar-refractivity contribution in [1.29, 1.82) is 0 Å². The second-order valence-corrected chi connectivity index (χ2v) is 7.61. The molecule has 1 fully saturated rings. The Morgan fingerprint density at radius 3 is 2.53 bits per heavy atom. The van der Waals surface area contributed by atoms with E-state index in [2.05, 4.69) is 34.4 Å². The summed E-state index contributed by atoms with van der Waals surface area (Å²) >= 11 is 0. The summed E-state index contributed by atoms with van der Waals surface area (Å²) in [6.07, 6.45) is 6.29. The quantitative estimate of drug-likeness (QED) is 0.599. The van der Waals surface area contributed by atoms with E-state index in [-0.39, 0.29) is 23.3 Å². The van der Waals surface area contributed by atoms with Gasteiger partial charge in [-0.15, -0.1) is 0 Å². The highest BCUT2D eigenvalue weighted by molar-refractivity contribution is 5.98. The van der Waals surface area contributed by atoms with Crippen molar-refractivity contribution in [2.45, 2.75) is 24.3 Å². The smallest absolute Gasteiger partial charge is 0.253 e. The van der Waals surface area contributed by atoms with Crippen LogP contribution in [0.4, 0.5) is 0 Å². The first-order chi connectivity index (χ1) is 14.6. The van der Waals surface area contributed by atoms with Gasteiger partial charge in [0.2, 0.25) is 5.91 Å². The Bertz CT molecular complexity index is 1040. The highest BCUT2D eigenvalue weighted by Crippen LogP contribution is 2.43. The van der Waals surface area contributed by atoms with Gasteiger partial charge in [-0.3, -0.25) is 9.59 Å². The molecule has 0 spiro atoms. The lowest BCUT2D eigenvalue weighted by Gasteiger charge is -2.48. The van der Waals surface area contributed by atoms with Gasteiger partial charge in [-0.25, -0.2) is 4.68 Å². The van der Waals surface area contributed by atoms with Gasteiger partial charge in [0.1, 0.15) is 0 Å². The third kappa shape index (κ3) is 3.89. The maximum atomic E-state index is 13.0. The average Bonchev–Trinajstić information content (AvgIpc) is 3.30. The third-order valence-electron chi connectivity index (χ3n) is 5.68. The molecule has 3 aromatic rings. The topological polar surface area (TPSA) is 76.0 Å². The first-order valence-electron chi connectivity index (χ1n) is 9.97. The van der Waals surface area contributed by atoms with Crippen LogP contribution in [0.1, 0.15) is 28.8 Å². The van der Waals surface area contributed by atoms with E-state index in [1.54, 1.807) is 16.9 Å². The normalized spacial score (nSPS) is 20.1. The van der Waals surface area contributed by atoms with Crippen molar-refractivity contribution in [1.82, 2.24) is 20.4 Å². The predicted octanol–water partition coefficient (Wildman–Crippen LogP) is 3.00. The molecule has 0 atom stereocenters. The summed E-state index contributed by atoms with van der Waals surface area (Å²) in [5.74, 6) is -0.311. The van der Waals surface area contributed by atoms with Crippen LogP contribution in [0.2, 0.25) is 0 Å². The van der Waals surface area contributed by atoms with E-state index in [9.17, 15) is 9.59 Å². The number of aromatic nitrogens is 2. The molecule has 0 aliphatic heterocycles. The molecule has 4 rings (SSSR count). The monoisotopic (exact) mass is 400 g/mol. The minimum atomic E-state index is -0.195. The molecule has 0 bridgehead atoms. The fourth-order valence-corrected chi connectivity index (χ4v) is 4.13. The SMILES string of the molecule is C=CC(=O)NCC1(c2ccccc2)CC(NC(=O)c2ccccc2-n2cccn2)C1. The van der Waals surface area contributed by atoms with Gasteiger partial charge in [-0.05, 0) is 42.7 Å². The van der Waals surface area contributed by atoms with Crippen molar-refractivity contribution < 1.29 is 9.59 Å². The van der Waals surface area contributed by atoms with Gasteiger partial charge in [0.15, 0.2) is 0 Å². The van der Waals surface area contributed by atoms with Crippen LogP contribution in [0.5, 0.6) is 0 Å². The van der Waals surface area contributed by atoms with Gasteiger partial charge in [0.25, 0.3) is 5.91 Å². The van der Waals surface area contributed by atoms with Gasteiger partial charge in [0.05, 0.1) is 11.3 Å². The maximum Gasteiger partial charge on any atom is 0.253 e. The molecule has 0 radical (unpaired) electrons. The number of benzene rings is 2. The molecule has 1 saturated carbocycles. The number of carbonyl (C=O) groups excluding carboxylic acids is 2. The van der Waals surface area contributed by atoms with Gasteiger partial charge in [0, 0.05) is 30.4 Å². The van der Waals surface area contributed by atoms with Crippen LogP contribution in [-0.4, -0.2) is 34.2 Å². The Hall–Kier alpha value is -3.67. The summed E-state index contributed by atoms with van der Waals surface area (Å²) in [5, 5.41) is 10.3. The Morgan fingerprint density at radius 2 is 1.83 bits per heavy atom. The zero-order valence-electron chi connectivity index (χ0n) is 16.6. The summed E-state index contributed by atoms with van der Waals surface area (Å²) in [4.78, 5) is 24.7. The van der Waals surface area contributed by atoms with Gasteiger partial charge < -0.3 is 10.6 Å².